The second-order valence-corrected chi connectivity index (χ2v) is 9.04. The van der Waals surface area contributed by atoms with E-state index in [2.05, 4.69) is 60.7 Å². The zero-order valence-electron chi connectivity index (χ0n) is 18.2. The summed E-state index contributed by atoms with van der Waals surface area (Å²) in [5.74, 6) is 0. The molecular weight excluding hydrogens is 398 g/mol. The minimum Gasteiger partial charge on any atom is -0.309 e. The number of benzene rings is 3. The number of non-ortho nitro benzene ring substituents is 1. The SMILES string of the molecule is CC(C)(C)c1ccnc(-c2cccc(-n3c4ccccc4c4ccc([N+](=O)[O-])cc43)c2)c1. The van der Waals surface area contributed by atoms with E-state index in [4.69, 9.17) is 0 Å². The van der Waals surface area contributed by atoms with E-state index in [1.165, 1.54) is 5.56 Å². The van der Waals surface area contributed by atoms with E-state index < -0.39 is 0 Å². The molecule has 0 N–H and O–H groups in total. The first-order valence-electron chi connectivity index (χ1n) is 10.6. The Morgan fingerprint density at radius 1 is 0.844 bits per heavy atom. The van der Waals surface area contributed by atoms with Crippen LogP contribution in [0.5, 0.6) is 0 Å². The molecule has 0 spiro atoms. The molecule has 2 aromatic heterocycles. The van der Waals surface area contributed by atoms with Crippen molar-refractivity contribution in [3.8, 4) is 16.9 Å². The van der Waals surface area contributed by atoms with Gasteiger partial charge < -0.3 is 4.57 Å². The number of hydrogen-bond donors (Lipinski definition) is 0. The normalized spacial score (nSPS) is 11.8. The molecule has 0 amide bonds. The highest BCUT2D eigenvalue weighted by Crippen LogP contribution is 2.35. The van der Waals surface area contributed by atoms with Crippen LogP contribution in [0.2, 0.25) is 0 Å². The Hall–Kier alpha value is -3.99. The average Bonchev–Trinajstić information content (AvgIpc) is 3.12. The van der Waals surface area contributed by atoms with Gasteiger partial charge in [0.15, 0.2) is 0 Å². The van der Waals surface area contributed by atoms with Gasteiger partial charge in [-0.15, -0.1) is 0 Å². The van der Waals surface area contributed by atoms with Gasteiger partial charge in [0.2, 0.25) is 0 Å². The van der Waals surface area contributed by atoms with E-state index >= 15 is 0 Å². The van der Waals surface area contributed by atoms with Crippen LogP contribution in [0.3, 0.4) is 0 Å². The highest BCUT2D eigenvalue weighted by molar-refractivity contribution is 6.09. The summed E-state index contributed by atoms with van der Waals surface area (Å²) in [4.78, 5) is 15.7. The molecule has 0 atom stereocenters. The van der Waals surface area contributed by atoms with E-state index in [0.717, 1.165) is 38.8 Å². The molecule has 5 rings (SSSR count). The topological polar surface area (TPSA) is 61.0 Å². The first kappa shape index (κ1) is 19.9. The number of para-hydroxylation sites is 1. The van der Waals surface area contributed by atoms with Crippen molar-refractivity contribution in [3.63, 3.8) is 0 Å². The minimum atomic E-state index is -0.347. The lowest BCUT2D eigenvalue weighted by Crippen LogP contribution is -2.11. The molecule has 5 nitrogen and oxygen atoms in total. The van der Waals surface area contributed by atoms with Crippen molar-refractivity contribution < 1.29 is 4.92 Å². The fourth-order valence-corrected chi connectivity index (χ4v) is 4.21. The molecular formula is C27H23N3O2. The van der Waals surface area contributed by atoms with E-state index in [1.807, 2.05) is 42.6 Å². The van der Waals surface area contributed by atoms with Crippen molar-refractivity contribution >= 4 is 27.5 Å². The van der Waals surface area contributed by atoms with Crippen molar-refractivity contribution in [2.75, 3.05) is 0 Å². The Balaban J connectivity index is 1.75. The van der Waals surface area contributed by atoms with Gasteiger partial charge >= 0.3 is 0 Å². The van der Waals surface area contributed by atoms with Crippen molar-refractivity contribution in [1.29, 1.82) is 0 Å². The monoisotopic (exact) mass is 421 g/mol. The summed E-state index contributed by atoms with van der Waals surface area (Å²) in [6.07, 6.45) is 1.85. The summed E-state index contributed by atoms with van der Waals surface area (Å²) in [7, 11) is 0. The summed E-state index contributed by atoms with van der Waals surface area (Å²) in [5.41, 5.74) is 6.01. The van der Waals surface area contributed by atoms with Crippen molar-refractivity contribution in [2.45, 2.75) is 26.2 Å². The van der Waals surface area contributed by atoms with E-state index in [1.54, 1.807) is 12.1 Å². The van der Waals surface area contributed by atoms with Crippen LogP contribution in [0, 0.1) is 10.1 Å². The molecule has 0 aliphatic heterocycles. The van der Waals surface area contributed by atoms with Crippen molar-refractivity contribution in [1.82, 2.24) is 9.55 Å². The molecule has 2 heterocycles. The van der Waals surface area contributed by atoms with Gasteiger partial charge in [0.05, 0.1) is 21.7 Å². The average molecular weight is 422 g/mol. The van der Waals surface area contributed by atoms with Crippen LogP contribution in [0.1, 0.15) is 26.3 Å². The third kappa shape index (κ3) is 3.32. The van der Waals surface area contributed by atoms with Crippen LogP contribution in [0.4, 0.5) is 5.69 Å². The van der Waals surface area contributed by atoms with Gasteiger partial charge in [-0.2, -0.15) is 0 Å². The van der Waals surface area contributed by atoms with Crippen LogP contribution in [0.15, 0.2) is 85.1 Å². The highest BCUT2D eigenvalue weighted by atomic mass is 16.6. The number of nitro groups is 1. The number of pyridine rings is 1. The maximum absolute atomic E-state index is 11.4. The van der Waals surface area contributed by atoms with Crippen LogP contribution < -0.4 is 0 Å². The Bertz CT molecular complexity index is 1490. The zero-order chi connectivity index (χ0) is 22.5. The number of hydrogen-bond acceptors (Lipinski definition) is 3. The first-order valence-corrected chi connectivity index (χ1v) is 10.6. The van der Waals surface area contributed by atoms with Crippen molar-refractivity contribution in [2.24, 2.45) is 0 Å². The van der Waals surface area contributed by atoms with Gasteiger partial charge in [-0.25, -0.2) is 0 Å². The maximum atomic E-state index is 11.4. The summed E-state index contributed by atoms with van der Waals surface area (Å²) in [6.45, 7) is 6.56. The molecule has 5 heteroatoms. The molecule has 0 unspecified atom stereocenters. The van der Waals surface area contributed by atoms with Crippen LogP contribution >= 0.6 is 0 Å². The summed E-state index contributed by atoms with van der Waals surface area (Å²) in [6, 6.07) is 25.5. The number of rotatable bonds is 3. The smallest absolute Gasteiger partial charge is 0.271 e. The van der Waals surface area contributed by atoms with Gasteiger partial charge in [-0.3, -0.25) is 15.1 Å². The minimum absolute atomic E-state index is 0.0288. The molecule has 0 aliphatic rings. The fraction of sp³-hybridized carbons (Fsp3) is 0.148. The lowest BCUT2D eigenvalue weighted by Gasteiger charge is -2.19. The molecule has 0 saturated carbocycles. The summed E-state index contributed by atoms with van der Waals surface area (Å²) >= 11 is 0. The highest BCUT2D eigenvalue weighted by Gasteiger charge is 2.17. The first-order chi connectivity index (χ1) is 15.3. The molecule has 0 radical (unpaired) electrons. The maximum Gasteiger partial charge on any atom is 0.271 e. The molecule has 0 bridgehead atoms. The predicted octanol–water partition coefficient (Wildman–Crippen LogP) is 7.05. The number of aromatic nitrogens is 2. The van der Waals surface area contributed by atoms with Crippen LogP contribution in [0.25, 0.3) is 38.8 Å². The zero-order valence-corrected chi connectivity index (χ0v) is 18.2. The lowest BCUT2D eigenvalue weighted by atomic mass is 9.87. The molecule has 5 aromatic rings. The number of fused-ring (bicyclic) bond motifs is 3. The summed E-state index contributed by atoms with van der Waals surface area (Å²) < 4.78 is 2.09. The second-order valence-electron chi connectivity index (χ2n) is 9.04. The Morgan fingerprint density at radius 2 is 1.62 bits per heavy atom. The molecule has 0 fully saturated rings. The van der Waals surface area contributed by atoms with Crippen molar-refractivity contribution in [3.05, 3.63) is 101 Å². The van der Waals surface area contributed by atoms with Gasteiger partial charge in [0, 0.05) is 40.4 Å². The molecule has 158 valence electrons. The Kier molecular flexibility index (Phi) is 4.55. The molecule has 32 heavy (non-hydrogen) atoms. The number of nitrogens with zero attached hydrogens (tertiary/aromatic N) is 3. The molecule has 0 saturated heterocycles. The molecule has 0 aliphatic carbocycles. The Labute approximate surface area is 186 Å². The molecule has 3 aromatic carbocycles. The van der Waals surface area contributed by atoms with Gasteiger partial charge in [-0.1, -0.05) is 51.1 Å². The van der Waals surface area contributed by atoms with Crippen LogP contribution in [-0.4, -0.2) is 14.5 Å². The third-order valence-corrected chi connectivity index (χ3v) is 5.89. The van der Waals surface area contributed by atoms with E-state index in [9.17, 15) is 10.1 Å². The van der Waals surface area contributed by atoms with Gasteiger partial charge in [0.1, 0.15) is 0 Å². The standard InChI is InChI=1S/C27H23N3O2/c1-27(2,3)19-13-14-28-24(16-19)18-7-6-8-20(15-18)29-25-10-5-4-9-22(25)23-12-11-21(30(31)32)17-26(23)29/h4-17H,1-3H3. The van der Waals surface area contributed by atoms with Gasteiger partial charge in [0.25, 0.3) is 5.69 Å². The number of nitro benzene ring substituents is 1. The predicted molar refractivity (Wildman–Crippen MR) is 129 cm³/mol. The Morgan fingerprint density at radius 3 is 2.41 bits per heavy atom. The van der Waals surface area contributed by atoms with Gasteiger partial charge in [-0.05, 0) is 47.4 Å². The van der Waals surface area contributed by atoms with Crippen LogP contribution in [-0.2, 0) is 5.41 Å². The summed E-state index contributed by atoms with van der Waals surface area (Å²) in [5, 5.41) is 13.5. The lowest BCUT2D eigenvalue weighted by molar-refractivity contribution is -0.384. The third-order valence-electron chi connectivity index (χ3n) is 5.89. The largest absolute Gasteiger partial charge is 0.309 e. The van der Waals surface area contributed by atoms with E-state index in [-0.39, 0.29) is 16.0 Å². The van der Waals surface area contributed by atoms with E-state index in [0.29, 0.717) is 0 Å². The quantitative estimate of drug-likeness (QED) is 0.232. The fourth-order valence-electron chi connectivity index (χ4n) is 4.21. The second kappa shape index (κ2) is 7.31.